The number of ether oxygens (including phenoxy) is 3. The molecule has 1 amide bonds. The first-order valence-corrected chi connectivity index (χ1v) is 12.2. The van der Waals surface area contributed by atoms with E-state index in [-0.39, 0.29) is 11.3 Å². The van der Waals surface area contributed by atoms with Gasteiger partial charge in [-0.15, -0.1) is 0 Å². The van der Waals surface area contributed by atoms with E-state index in [1.165, 1.54) is 12.0 Å². The number of Topliss-reactive ketones (excluding diaryl/α,β-unsaturated/α-hetero) is 1. The maximum absolute atomic E-state index is 13.5. The second kappa shape index (κ2) is 10.8. The van der Waals surface area contributed by atoms with Gasteiger partial charge in [-0.1, -0.05) is 24.3 Å². The van der Waals surface area contributed by atoms with E-state index in [1.54, 1.807) is 54.6 Å². The number of benzene rings is 3. The summed E-state index contributed by atoms with van der Waals surface area (Å²) in [6.07, 6.45) is 0. The molecular formula is C30H31NO6. The lowest BCUT2D eigenvalue weighted by molar-refractivity contribution is -0.132. The van der Waals surface area contributed by atoms with Gasteiger partial charge in [-0.05, 0) is 74.7 Å². The molecule has 0 aliphatic carbocycles. The Morgan fingerprint density at radius 3 is 2.24 bits per heavy atom. The van der Waals surface area contributed by atoms with Gasteiger partial charge in [0.1, 0.15) is 23.0 Å². The van der Waals surface area contributed by atoms with Crippen LogP contribution in [0.1, 0.15) is 42.1 Å². The fourth-order valence-electron chi connectivity index (χ4n) is 4.76. The zero-order valence-corrected chi connectivity index (χ0v) is 21.7. The maximum Gasteiger partial charge on any atom is 0.300 e. The summed E-state index contributed by atoms with van der Waals surface area (Å²) in [6, 6.07) is 17.0. The molecule has 0 bridgehead atoms. The first-order chi connectivity index (χ1) is 17.8. The standard InChI is InChI=1S/C30H31NO6/c1-6-36-22-13-11-20(12-14-22)26-25(27(32)24-16-18(3)15-19(4)29(24)35-5)28(33)30(34)31(26)21-9-8-10-23(17-21)37-7-2/h8-17,26,32H,6-7H2,1-5H3/b27-25+. The number of rotatable bonds is 8. The molecule has 3 aromatic rings. The van der Waals surface area contributed by atoms with Crippen LogP contribution in [0, 0.1) is 13.8 Å². The minimum Gasteiger partial charge on any atom is -0.507 e. The van der Waals surface area contributed by atoms with Crippen molar-refractivity contribution < 1.29 is 28.9 Å². The summed E-state index contributed by atoms with van der Waals surface area (Å²) in [6.45, 7) is 8.49. The van der Waals surface area contributed by atoms with Gasteiger partial charge in [0, 0.05) is 11.8 Å². The first-order valence-electron chi connectivity index (χ1n) is 12.2. The molecular weight excluding hydrogens is 470 g/mol. The molecule has 0 saturated carbocycles. The van der Waals surface area contributed by atoms with E-state index < -0.39 is 17.7 Å². The van der Waals surface area contributed by atoms with Crippen LogP contribution in [0.15, 0.2) is 66.2 Å². The smallest absolute Gasteiger partial charge is 0.300 e. The van der Waals surface area contributed by atoms with E-state index >= 15 is 0 Å². The molecule has 1 fully saturated rings. The van der Waals surface area contributed by atoms with Crippen molar-refractivity contribution in [1.29, 1.82) is 0 Å². The third-order valence-corrected chi connectivity index (χ3v) is 6.24. The molecule has 4 rings (SSSR count). The molecule has 1 saturated heterocycles. The van der Waals surface area contributed by atoms with E-state index in [0.29, 0.717) is 47.3 Å². The van der Waals surface area contributed by atoms with Crippen LogP contribution in [-0.2, 0) is 9.59 Å². The zero-order valence-electron chi connectivity index (χ0n) is 21.7. The van der Waals surface area contributed by atoms with Crippen LogP contribution in [0.3, 0.4) is 0 Å². The SMILES string of the molecule is CCOc1ccc(C2/C(=C(\O)c3cc(C)cc(C)c3OC)C(=O)C(=O)N2c2cccc(OCC)c2)cc1. The number of carbonyl (C=O) groups is 2. The Morgan fingerprint density at radius 1 is 0.919 bits per heavy atom. The van der Waals surface area contributed by atoms with Crippen molar-refractivity contribution >= 4 is 23.1 Å². The highest BCUT2D eigenvalue weighted by Gasteiger charge is 2.47. The van der Waals surface area contributed by atoms with Gasteiger partial charge in [-0.2, -0.15) is 0 Å². The van der Waals surface area contributed by atoms with E-state index in [1.807, 2.05) is 33.8 Å². The molecule has 1 atom stereocenters. The molecule has 7 heteroatoms. The number of hydrogen-bond acceptors (Lipinski definition) is 6. The van der Waals surface area contributed by atoms with E-state index in [9.17, 15) is 14.7 Å². The Bertz CT molecular complexity index is 1360. The predicted octanol–water partition coefficient (Wildman–Crippen LogP) is 5.74. The molecule has 3 aromatic carbocycles. The van der Waals surface area contributed by atoms with E-state index in [0.717, 1.165) is 11.1 Å². The van der Waals surface area contributed by atoms with E-state index in [2.05, 4.69) is 0 Å². The third-order valence-electron chi connectivity index (χ3n) is 6.24. The summed E-state index contributed by atoms with van der Waals surface area (Å²) < 4.78 is 16.8. The molecule has 0 spiro atoms. The average Bonchev–Trinajstić information content (AvgIpc) is 3.14. The van der Waals surface area contributed by atoms with Crippen LogP contribution in [0.4, 0.5) is 5.69 Å². The minimum absolute atomic E-state index is 0.0146. The van der Waals surface area contributed by atoms with Gasteiger partial charge >= 0.3 is 0 Å². The highest BCUT2D eigenvalue weighted by atomic mass is 16.5. The lowest BCUT2D eigenvalue weighted by Crippen LogP contribution is -2.29. The maximum atomic E-state index is 13.5. The molecule has 1 aliphatic heterocycles. The lowest BCUT2D eigenvalue weighted by atomic mass is 9.93. The van der Waals surface area contributed by atoms with Gasteiger partial charge in [0.2, 0.25) is 0 Å². The van der Waals surface area contributed by atoms with Crippen molar-refractivity contribution in [3.05, 3.63) is 88.5 Å². The second-order valence-electron chi connectivity index (χ2n) is 8.76. The van der Waals surface area contributed by atoms with Crippen molar-refractivity contribution in [2.24, 2.45) is 0 Å². The normalized spacial score (nSPS) is 16.7. The number of aliphatic hydroxyl groups excluding tert-OH is 1. The van der Waals surface area contributed by atoms with E-state index in [4.69, 9.17) is 14.2 Å². The van der Waals surface area contributed by atoms with Crippen molar-refractivity contribution in [3.63, 3.8) is 0 Å². The summed E-state index contributed by atoms with van der Waals surface area (Å²) in [5, 5.41) is 11.6. The quantitative estimate of drug-likeness (QED) is 0.241. The zero-order chi connectivity index (χ0) is 26.7. The number of methoxy groups -OCH3 is 1. The summed E-state index contributed by atoms with van der Waals surface area (Å²) in [7, 11) is 1.51. The van der Waals surface area contributed by atoms with Gasteiger partial charge in [-0.25, -0.2) is 0 Å². The number of ketones is 1. The summed E-state index contributed by atoms with van der Waals surface area (Å²) in [5.41, 5.74) is 3.17. The van der Waals surface area contributed by atoms with Crippen LogP contribution in [0.5, 0.6) is 17.2 Å². The van der Waals surface area contributed by atoms with Gasteiger partial charge in [0.25, 0.3) is 11.7 Å². The molecule has 1 aliphatic rings. The number of carbonyl (C=O) groups excluding carboxylic acids is 2. The lowest BCUT2D eigenvalue weighted by Gasteiger charge is -2.26. The fraction of sp³-hybridized carbons (Fsp3) is 0.267. The molecule has 0 radical (unpaired) electrons. The number of aryl methyl sites for hydroxylation is 2. The fourth-order valence-corrected chi connectivity index (χ4v) is 4.76. The number of amides is 1. The monoisotopic (exact) mass is 501 g/mol. The molecule has 192 valence electrons. The van der Waals surface area contributed by atoms with Crippen molar-refractivity contribution in [3.8, 4) is 17.2 Å². The average molecular weight is 502 g/mol. The molecule has 1 N–H and O–H groups in total. The molecule has 37 heavy (non-hydrogen) atoms. The molecule has 7 nitrogen and oxygen atoms in total. The topological polar surface area (TPSA) is 85.3 Å². The van der Waals surface area contributed by atoms with Crippen LogP contribution in [0.2, 0.25) is 0 Å². The number of anilines is 1. The second-order valence-corrected chi connectivity index (χ2v) is 8.76. The minimum atomic E-state index is -0.877. The predicted molar refractivity (Wildman–Crippen MR) is 142 cm³/mol. The van der Waals surface area contributed by atoms with Crippen LogP contribution < -0.4 is 19.1 Å². The Labute approximate surface area is 216 Å². The number of aliphatic hydroxyl groups is 1. The Balaban J connectivity index is 1.96. The van der Waals surface area contributed by atoms with Gasteiger partial charge in [0.15, 0.2) is 0 Å². The highest BCUT2D eigenvalue weighted by molar-refractivity contribution is 6.51. The Morgan fingerprint density at radius 2 is 1.59 bits per heavy atom. The van der Waals surface area contributed by atoms with Gasteiger partial charge in [0.05, 0.1) is 37.5 Å². The largest absolute Gasteiger partial charge is 0.507 e. The molecule has 1 heterocycles. The van der Waals surface area contributed by atoms with Crippen LogP contribution >= 0.6 is 0 Å². The third kappa shape index (κ3) is 4.89. The van der Waals surface area contributed by atoms with Crippen molar-refractivity contribution in [2.75, 3.05) is 25.2 Å². The van der Waals surface area contributed by atoms with Gasteiger partial charge in [-0.3, -0.25) is 14.5 Å². The number of hydrogen-bond donors (Lipinski definition) is 1. The van der Waals surface area contributed by atoms with Crippen molar-refractivity contribution in [2.45, 2.75) is 33.7 Å². The van der Waals surface area contributed by atoms with Crippen molar-refractivity contribution in [1.82, 2.24) is 0 Å². The Hall–Kier alpha value is -4.26. The summed E-state index contributed by atoms with van der Waals surface area (Å²) >= 11 is 0. The van der Waals surface area contributed by atoms with Crippen LogP contribution in [0.25, 0.3) is 5.76 Å². The highest BCUT2D eigenvalue weighted by Crippen LogP contribution is 2.44. The number of nitrogens with zero attached hydrogens (tertiary/aromatic N) is 1. The Kier molecular flexibility index (Phi) is 7.53. The van der Waals surface area contributed by atoms with Gasteiger partial charge < -0.3 is 19.3 Å². The van der Waals surface area contributed by atoms with Crippen LogP contribution in [-0.4, -0.2) is 37.1 Å². The summed E-state index contributed by atoms with van der Waals surface area (Å²) in [4.78, 5) is 28.4. The summed E-state index contributed by atoms with van der Waals surface area (Å²) in [5.74, 6) is -0.125. The first kappa shape index (κ1) is 25.8. The molecule has 0 aromatic heterocycles. The molecule has 1 unspecified atom stereocenters.